The van der Waals surface area contributed by atoms with Crippen molar-refractivity contribution in [3.63, 3.8) is 0 Å². The van der Waals surface area contributed by atoms with Gasteiger partial charge in [-0.05, 0) is 42.7 Å². The summed E-state index contributed by atoms with van der Waals surface area (Å²) >= 11 is 0. The summed E-state index contributed by atoms with van der Waals surface area (Å²) in [7, 11) is 0. The minimum absolute atomic E-state index is 0.111. The number of hydrogen-bond acceptors (Lipinski definition) is 3. The quantitative estimate of drug-likeness (QED) is 0.744. The molecule has 0 bridgehead atoms. The van der Waals surface area contributed by atoms with E-state index in [9.17, 15) is 22.8 Å². The second kappa shape index (κ2) is 8.13. The topological polar surface area (TPSA) is 61.9 Å². The molecule has 0 aromatic heterocycles. The monoisotopic (exact) mass is 433 g/mol. The van der Waals surface area contributed by atoms with Gasteiger partial charge in [-0.3, -0.25) is 4.79 Å². The highest BCUT2D eigenvalue weighted by atomic mass is 19.4. The maximum atomic E-state index is 12.8. The van der Waals surface area contributed by atoms with E-state index in [1.165, 1.54) is 24.3 Å². The number of piperidine rings is 1. The molecule has 2 heterocycles. The summed E-state index contributed by atoms with van der Waals surface area (Å²) in [4.78, 5) is 28.7. The Bertz CT molecular complexity index is 940. The van der Waals surface area contributed by atoms with Crippen molar-refractivity contribution >= 4 is 17.6 Å². The van der Waals surface area contributed by atoms with Crippen molar-refractivity contribution < 1.29 is 27.5 Å². The molecule has 0 atom stereocenters. The molecular weight excluding hydrogens is 411 g/mol. The van der Waals surface area contributed by atoms with Crippen molar-refractivity contribution in [2.75, 3.05) is 24.5 Å². The van der Waals surface area contributed by atoms with Crippen molar-refractivity contribution in [1.29, 1.82) is 0 Å². The largest absolute Gasteiger partial charge is 0.573 e. The Balaban J connectivity index is 1.24. The van der Waals surface area contributed by atoms with Gasteiger partial charge in [0.15, 0.2) is 0 Å². The van der Waals surface area contributed by atoms with Crippen molar-refractivity contribution in [1.82, 2.24) is 10.2 Å². The summed E-state index contributed by atoms with van der Waals surface area (Å²) in [5.74, 6) is -0.196. The van der Waals surface area contributed by atoms with E-state index in [-0.39, 0.29) is 29.6 Å². The third kappa shape index (κ3) is 4.60. The molecule has 164 valence electrons. The van der Waals surface area contributed by atoms with Gasteiger partial charge in [0.1, 0.15) is 5.75 Å². The molecule has 31 heavy (non-hydrogen) atoms. The Kier molecular flexibility index (Phi) is 5.51. The van der Waals surface area contributed by atoms with Crippen molar-refractivity contribution in [3.05, 3.63) is 60.2 Å². The molecule has 4 rings (SSSR count). The zero-order chi connectivity index (χ0) is 22.1. The van der Waals surface area contributed by atoms with Crippen LogP contribution in [0.25, 0.3) is 0 Å². The van der Waals surface area contributed by atoms with Crippen LogP contribution in [-0.4, -0.2) is 42.8 Å². The maximum Gasteiger partial charge on any atom is 0.573 e. The SMILES string of the molecule is O=C(NCc1ccc(OC(F)(F)F)cc1)N1CCC2(CC1)CN(c1ccccc1)C2=O. The van der Waals surface area contributed by atoms with E-state index in [0.717, 1.165) is 5.69 Å². The van der Waals surface area contributed by atoms with Crippen LogP contribution in [0.4, 0.5) is 23.7 Å². The maximum absolute atomic E-state index is 12.8. The van der Waals surface area contributed by atoms with Gasteiger partial charge in [0, 0.05) is 31.9 Å². The number of amides is 3. The minimum Gasteiger partial charge on any atom is -0.406 e. The third-order valence-electron chi connectivity index (χ3n) is 5.84. The first kappa shape index (κ1) is 21.0. The number of benzene rings is 2. The summed E-state index contributed by atoms with van der Waals surface area (Å²) in [6, 6.07) is 14.6. The van der Waals surface area contributed by atoms with Gasteiger partial charge in [-0.15, -0.1) is 13.2 Å². The van der Waals surface area contributed by atoms with Crippen LogP contribution in [0.3, 0.4) is 0 Å². The molecule has 0 radical (unpaired) electrons. The van der Waals surface area contributed by atoms with E-state index in [2.05, 4.69) is 10.1 Å². The summed E-state index contributed by atoms with van der Waals surface area (Å²) in [6.45, 7) is 1.82. The first-order valence-corrected chi connectivity index (χ1v) is 10.0. The van der Waals surface area contributed by atoms with Gasteiger partial charge in [-0.2, -0.15) is 0 Å². The second-order valence-corrected chi connectivity index (χ2v) is 7.84. The number of anilines is 1. The Morgan fingerprint density at radius 3 is 2.26 bits per heavy atom. The molecule has 2 fully saturated rings. The number of carbonyl (C=O) groups is 2. The Morgan fingerprint density at radius 1 is 1.03 bits per heavy atom. The molecule has 0 unspecified atom stereocenters. The predicted octanol–water partition coefficient (Wildman–Crippen LogP) is 3.92. The van der Waals surface area contributed by atoms with E-state index in [4.69, 9.17) is 0 Å². The highest BCUT2D eigenvalue weighted by Crippen LogP contribution is 2.43. The van der Waals surface area contributed by atoms with Crippen LogP contribution in [0, 0.1) is 5.41 Å². The van der Waals surface area contributed by atoms with Crippen molar-refractivity contribution in [3.8, 4) is 5.75 Å². The zero-order valence-corrected chi connectivity index (χ0v) is 16.7. The lowest BCUT2D eigenvalue weighted by molar-refractivity contribution is -0.274. The number of nitrogens with zero attached hydrogens (tertiary/aromatic N) is 2. The molecule has 2 aromatic carbocycles. The number of rotatable bonds is 4. The van der Waals surface area contributed by atoms with Crippen LogP contribution >= 0.6 is 0 Å². The number of likely N-dealkylation sites (tertiary alicyclic amines) is 1. The normalized spacial score (nSPS) is 18.0. The third-order valence-corrected chi connectivity index (χ3v) is 5.84. The lowest BCUT2D eigenvalue weighted by Gasteiger charge is -2.52. The second-order valence-electron chi connectivity index (χ2n) is 7.84. The molecule has 2 aliphatic heterocycles. The number of nitrogens with one attached hydrogen (secondary N) is 1. The van der Waals surface area contributed by atoms with Crippen LogP contribution in [0.1, 0.15) is 18.4 Å². The Morgan fingerprint density at radius 2 is 1.68 bits per heavy atom. The van der Waals surface area contributed by atoms with Gasteiger partial charge >= 0.3 is 12.4 Å². The van der Waals surface area contributed by atoms with Crippen molar-refractivity contribution in [2.24, 2.45) is 5.41 Å². The van der Waals surface area contributed by atoms with Gasteiger partial charge in [-0.1, -0.05) is 30.3 Å². The van der Waals surface area contributed by atoms with E-state index in [1.54, 1.807) is 9.80 Å². The summed E-state index contributed by atoms with van der Waals surface area (Å²) in [6.07, 6.45) is -3.50. The lowest BCUT2D eigenvalue weighted by Crippen LogP contribution is -2.65. The molecule has 2 aliphatic rings. The lowest BCUT2D eigenvalue weighted by atomic mass is 9.71. The van der Waals surface area contributed by atoms with E-state index < -0.39 is 6.36 Å². The molecule has 2 aromatic rings. The number of para-hydroxylation sites is 1. The number of alkyl halides is 3. The van der Waals surface area contributed by atoms with Gasteiger partial charge in [0.25, 0.3) is 0 Å². The van der Waals surface area contributed by atoms with Crippen LogP contribution in [0.5, 0.6) is 5.75 Å². The first-order chi connectivity index (χ1) is 14.8. The van der Waals surface area contributed by atoms with Crippen LogP contribution in [-0.2, 0) is 11.3 Å². The molecule has 9 heteroatoms. The average molecular weight is 433 g/mol. The fraction of sp³-hybridized carbons (Fsp3) is 0.364. The minimum atomic E-state index is -4.73. The Labute approximate surface area is 177 Å². The molecule has 1 spiro atoms. The number of ether oxygens (including phenoxy) is 1. The number of halogens is 3. The molecule has 3 amide bonds. The zero-order valence-electron chi connectivity index (χ0n) is 16.7. The Hall–Kier alpha value is -3.23. The van der Waals surface area contributed by atoms with E-state index in [0.29, 0.717) is 38.0 Å². The molecule has 0 aliphatic carbocycles. The number of urea groups is 1. The van der Waals surface area contributed by atoms with Gasteiger partial charge in [0.2, 0.25) is 5.91 Å². The van der Waals surface area contributed by atoms with Crippen molar-refractivity contribution in [2.45, 2.75) is 25.7 Å². The summed E-state index contributed by atoms with van der Waals surface area (Å²) < 4.78 is 40.5. The fourth-order valence-corrected chi connectivity index (χ4v) is 4.06. The highest BCUT2D eigenvalue weighted by Gasteiger charge is 2.53. The van der Waals surface area contributed by atoms with Crippen LogP contribution < -0.4 is 15.0 Å². The smallest absolute Gasteiger partial charge is 0.406 e. The number of carbonyl (C=O) groups excluding carboxylic acids is 2. The molecule has 2 saturated heterocycles. The molecular formula is C22H22F3N3O3. The summed E-state index contributed by atoms with van der Waals surface area (Å²) in [5, 5.41) is 2.77. The molecule has 0 saturated carbocycles. The fourth-order valence-electron chi connectivity index (χ4n) is 4.06. The van der Waals surface area contributed by atoms with Gasteiger partial charge in [-0.25, -0.2) is 4.79 Å². The number of β-lactam (4-membered cyclic amide) rings is 1. The standard InChI is InChI=1S/C22H22F3N3O3/c23-22(24,25)31-18-8-6-16(7-9-18)14-26-20(30)27-12-10-21(11-13-27)15-28(19(21)29)17-4-2-1-3-5-17/h1-9H,10-15H2,(H,26,30). The van der Waals surface area contributed by atoms with E-state index in [1.807, 2.05) is 30.3 Å². The van der Waals surface area contributed by atoms with Gasteiger partial charge < -0.3 is 19.9 Å². The average Bonchev–Trinajstić information content (AvgIpc) is 2.76. The van der Waals surface area contributed by atoms with E-state index >= 15 is 0 Å². The molecule has 1 N–H and O–H groups in total. The molecule has 6 nitrogen and oxygen atoms in total. The first-order valence-electron chi connectivity index (χ1n) is 10.0. The highest BCUT2D eigenvalue weighted by molar-refractivity contribution is 6.04. The predicted molar refractivity (Wildman–Crippen MR) is 107 cm³/mol. The van der Waals surface area contributed by atoms with Crippen LogP contribution in [0.15, 0.2) is 54.6 Å². The number of hydrogen-bond donors (Lipinski definition) is 1. The summed E-state index contributed by atoms with van der Waals surface area (Å²) in [5.41, 5.74) is 1.16. The van der Waals surface area contributed by atoms with Gasteiger partial charge in [0.05, 0.1) is 5.41 Å². The van der Waals surface area contributed by atoms with Crippen LogP contribution in [0.2, 0.25) is 0 Å².